The van der Waals surface area contributed by atoms with Gasteiger partial charge in [0.1, 0.15) is 5.69 Å². The molecule has 1 saturated heterocycles. The average Bonchev–Trinajstić information content (AvgIpc) is 3.06. The van der Waals surface area contributed by atoms with E-state index >= 15 is 0 Å². The summed E-state index contributed by atoms with van der Waals surface area (Å²) in [5, 5.41) is 6.13. The molecule has 116 valence electrons. The number of aromatic nitrogens is 1. The summed E-state index contributed by atoms with van der Waals surface area (Å²) >= 11 is 0. The third-order valence-corrected chi connectivity index (χ3v) is 3.72. The van der Waals surface area contributed by atoms with Crippen molar-refractivity contribution in [2.24, 2.45) is 13.0 Å². The summed E-state index contributed by atoms with van der Waals surface area (Å²) in [7, 11) is 1.76. The number of aryl methyl sites for hydroxylation is 1. The Morgan fingerprint density at radius 3 is 3.00 bits per heavy atom. The first-order chi connectivity index (χ1) is 10.1. The molecule has 2 N–H and O–H groups in total. The van der Waals surface area contributed by atoms with Gasteiger partial charge in [0.2, 0.25) is 5.91 Å². The number of nitrogens with one attached hydrogen (secondary N) is 2. The minimum atomic E-state index is -0.377. The van der Waals surface area contributed by atoms with E-state index in [2.05, 4.69) is 10.6 Å². The predicted octanol–water partition coefficient (Wildman–Crippen LogP) is 1.53. The third kappa shape index (κ3) is 4.32. The van der Waals surface area contributed by atoms with Crippen LogP contribution in [-0.2, 0) is 16.6 Å². The Hall–Kier alpha value is -1.82. The number of esters is 1. The van der Waals surface area contributed by atoms with Gasteiger partial charge in [-0.1, -0.05) is 0 Å². The highest BCUT2D eigenvalue weighted by atomic mass is 16.5. The summed E-state index contributed by atoms with van der Waals surface area (Å²) in [6, 6.07) is 1.65. The van der Waals surface area contributed by atoms with Gasteiger partial charge in [-0.25, -0.2) is 4.79 Å². The van der Waals surface area contributed by atoms with E-state index in [4.69, 9.17) is 4.74 Å². The molecule has 0 aliphatic carbocycles. The fourth-order valence-electron chi connectivity index (χ4n) is 2.56. The quantitative estimate of drug-likeness (QED) is 0.780. The number of ether oxygens (including phenoxy) is 1. The second-order valence-corrected chi connectivity index (χ2v) is 5.39. The van der Waals surface area contributed by atoms with Crippen LogP contribution in [0.3, 0.4) is 0 Å². The average molecular weight is 293 g/mol. The molecule has 1 amide bonds. The Kier molecular flexibility index (Phi) is 5.38. The van der Waals surface area contributed by atoms with Crippen molar-refractivity contribution in [2.45, 2.75) is 26.2 Å². The molecule has 0 bridgehead atoms. The Morgan fingerprint density at radius 1 is 1.52 bits per heavy atom. The summed E-state index contributed by atoms with van der Waals surface area (Å²) < 4.78 is 6.62. The number of anilines is 1. The molecule has 21 heavy (non-hydrogen) atoms. The standard InChI is InChI=1S/C15H23N3O3/c1-3-21-15(20)13-8-12(10-18(13)2)17-14(19)5-4-11-6-7-16-9-11/h8,10-11,16H,3-7,9H2,1-2H3,(H,17,19). The molecule has 1 atom stereocenters. The fourth-order valence-corrected chi connectivity index (χ4v) is 2.56. The number of nitrogens with zero attached hydrogens (tertiary/aromatic N) is 1. The van der Waals surface area contributed by atoms with Crippen molar-refractivity contribution >= 4 is 17.6 Å². The molecule has 2 heterocycles. The van der Waals surface area contributed by atoms with Crippen LogP contribution in [0.2, 0.25) is 0 Å². The van der Waals surface area contributed by atoms with Crippen LogP contribution >= 0.6 is 0 Å². The van der Waals surface area contributed by atoms with Gasteiger partial charge in [0.15, 0.2) is 0 Å². The van der Waals surface area contributed by atoms with Crippen LogP contribution in [0.25, 0.3) is 0 Å². The molecule has 0 spiro atoms. The van der Waals surface area contributed by atoms with E-state index in [1.54, 1.807) is 30.8 Å². The molecule has 1 fully saturated rings. The summed E-state index contributed by atoms with van der Waals surface area (Å²) in [6.45, 7) is 4.15. The maximum Gasteiger partial charge on any atom is 0.355 e. The van der Waals surface area contributed by atoms with Crippen molar-refractivity contribution in [3.63, 3.8) is 0 Å². The van der Waals surface area contributed by atoms with E-state index in [1.165, 1.54) is 0 Å². The van der Waals surface area contributed by atoms with Crippen LogP contribution in [0, 0.1) is 5.92 Å². The Morgan fingerprint density at radius 2 is 2.33 bits per heavy atom. The fraction of sp³-hybridized carbons (Fsp3) is 0.600. The van der Waals surface area contributed by atoms with Crippen molar-refractivity contribution in [1.29, 1.82) is 0 Å². The second kappa shape index (κ2) is 7.26. The lowest BCUT2D eigenvalue weighted by Gasteiger charge is -2.07. The largest absolute Gasteiger partial charge is 0.461 e. The smallest absolute Gasteiger partial charge is 0.355 e. The lowest BCUT2D eigenvalue weighted by atomic mass is 10.0. The molecule has 1 aromatic heterocycles. The van der Waals surface area contributed by atoms with Gasteiger partial charge in [-0.3, -0.25) is 4.79 Å². The summed E-state index contributed by atoms with van der Waals surface area (Å²) in [6.07, 6.45) is 4.28. The van der Waals surface area contributed by atoms with Crippen molar-refractivity contribution in [3.8, 4) is 0 Å². The number of rotatable bonds is 6. The molecule has 1 aliphatic rings. The highest BCUT2D eigenvalue weighted by Crippen LogP contribution is 2.17. The lowest BCUT2D eigenvalue weighted by molar-refractivity contribution is -0.116. The molecule has 6 nitrogen and oxygen atoms in total. The maximum absolute atomic E-state index is 11.9. The van der Waals surface area contributed by atoms with E-state index in [9.17, 15) is 9.59 Å². The van der Waals surface area contributed by atoms with E-state index in [-0.39, 0.29) is 11.9 Å². The zero-order valence-electron chi connectivity index (χ0n) is 12.6. The number of hydrogen-bond donors (Lipinski definition) is 2. The van der Waals surface area contributed by atoms with Gasteiger partial charge in [0, 0.05) is 19.7 Å². The zero-order chi connectivity index (χ0) is 15.2. The van der Waals surface area contributed by atoms with Crippen molar-refractivity contribution < 1.29 is 14.3 Å². The first-order valence-corrected chi connectivity index (χ1v) is 7.44. The second-order valence-electron chi connectivity index (χ2n) is 5.39. The monoisotopic (exact) mass is 293 g/mol. The summed E-state index contributed by atoms with van der Waals surface area (Å²) in [4.78, 5) is 23.6. The maximum atomic E-state index is 11.9. The van der Waals surface area contributed by atoms with Crippen molar-refractivity contribution in [1.82, 2.24) is 9.88 Å². The van der Waals surface area contributed by atoms with Crippen LogP contribution in [0.15, 0.2) is 12.3 Å². The van der Waals surface area contributed by atoms with Crippen LogP contribution in [0.1, 0.15) is 36.7 Å². The number of carbonyl (C=O) groups is 2. The van der Waals surface area contributed by atoms with Gasteiger partial charge < -0.3 is 19.9 Å². The minimum absolute atomic E-state index is 0.0112. The Labute approximate surface area is 124 Å². The Bertz CT molecular complexity index is 504. The molecule has 0 radical (unpaired) electrons. The van der Waals surface area contributed by atoms with Crippen LogP contribution in [-0.4, -0.2) is 36.1 Å². The number of amides is 1. The zero-order valence-corrected chi connectivity index (χ0v) is 12.6. The minimum Gasteiger partial charge on any atom is -0.461 e. The molecule has 1 aromatic rings. The highest BCUT2D eigenvalue weighted by Gasteiger charge is 2.17. The van der Waals surface area contributed by atoms with Gasteiger partial charge in [-0.05, 0) is 44.8 Å². The predicted molar refractivity (Wildman–Crippen MR) is 80.2 cm³/mol. The molecule has 1 aliphatic heterocycles. The van der Waals surface area contributed by atoms with E-state index in [1.807, 2.05) is 0 Å². The van der Waals surface area contributed by atoms with E-state index in [0.717, 1.165) is 25.9 Å². The highest BCUT2D eigenvalue weighted by molar-refractivity contribution is 5.94. The van der Waals surface area contributed by atoms with Gasteiger partial charge in [0.25, 0.3) is 0 Å². The molecular weight excluding hydrogens is 270 g/mol. The van der Waals surface area contributed by atoms with Crippen LogP contribution in [0.4, 0.5) is 5.69 Å². The SMILES string of the molecule is CCOC(=O)c1cc(NC(=O)CCC2CCNC2)cn1C. The Balaban J connectivity index is 1.85. The number of hydrogen-bond acceptors (Lipinski definition) is 4. The van der Waals surface area contributed by atoms with Crippen LogP contribution in [0.5, 0.6) is 0 Å². The summed E-state index contributed by atoms with van der Waals surface area (Å²) in [5.41, 5.74) is 1.07. The molecular formula is C15H23N3O3. The molecule has 0 aromatic carbocycles. The topological polar surface area (TPSA) is 72.4 Å². The molecule has 2 rings (SSSR count). The van der Waals surface area contributed by atoms with Crippen molar-refractivity contribution in [2.75, 3.05) is 25.0 Å². The molecule has 1 unspecified atom stereocenters. The number of carbonyl (C=O) groups excluding carboxylic acids is 2. The van der Waals surface area contributed by atoms with Crippen molar-refractivity contribution in [3.05, 3.63) is 18.0 Å². The van der Waals surface area contributed by atoms with E-state index in [0.29, 0.717) is 30.3 Å². The normalized spacial score (nSPS) is 17.7. The van der Waals surface area contributed by atoms with Gasteiger partial charge in [-0.2, -0.15) is 0 Å². The molecule has 6 heteroatoms. The van der Waals surface area contributed by atoms with Gasteiger partial charge >= 0.3 is 5.97 Å². The van der Waals surface area contributed by atoms with Crippen LogP contribution < -0.4 is 10.6 Å². The molecule has 0 saturated carbocycles. The first kappa shape index (κ1) is 15.6. The third-order valence-electron chi connectivity index (χ3n) is 3.72. The first-order valence-electron chi connectivity index (χ1n) is 7.44. The van der Waals surface area contributed by atoms with Gasteiger partial charge in [-0.15, -0.1) is 0 Å². The lowest BCUT2D eigenvalue weighted by Crippen LogP contribution is -2.14. The van der Waals surface area contributed by atoms with E-state index < -0.39 is 0 Å². The summed E-state index contributed by atoms with van der Waals surface area (Å²) in [5.74, 6) is 0.210. The van der Waals surface area contributed by atoms with Gasteiger partial charge in [0.05, 0.1) is 12.3 Å².